The van der Waals surface area contributed by atoms with Crippen molar-refractivity contribution in [2.75, 3.05) is 32.2 Å². The Bertz CT molecular complexity index is 791. The molecular weight excluding hydrogens is 354 g/mol. The van der Waals surface area contributed by atoms with Crippen LogP contribution in [0.4, 0.5) is 5.82 Å². The van der Waals surface area contributed by atoms with Crippen LogP contribution in [0.2, 0.25) is 5.02 Å². The molecule has 0 atom stereocenters. The molecule has 2 aromatic rings. The van der Waals surface area contributed by atoms with Gasteiger partial charge in [0.25, 0.3) is 0 Å². The predicted molar refractivity (Wildman–Crippen MR) is 101 cm³/mol. The summed E-state index contributed by atoms with van der Waals surface area (Å²) in [6.45, 7) is 1.99. The lowest BCUT2D eigenvalue weighted by Gasteiger charge is -2.38. The predicted octanol–water partition coefficient (Wildman–Crippen LogP) is 3.00. The molecule has 6 nitrogen and oxygen atoms in total. The van der Waals surface area contributed by atoms with Gasteiger partial charge in [0, 0.05) is 36.9 Å². The third kappa shape index (κ3) is 3.76. The maximum atomic E-state index is 11.3. The van der Waals surface area contributed by atoms with Gasteiger partial charge in [-0.15, -0.1) is 0 Å². The largest absolute Gasteiger partial charge is 0.496 e. The number of benzene rings is 1. The molecule has 26 heavy (non-hydrogen) atoms. The van der Waals surface area contributed by atoms with E-state index in [-0.39, 0.29) is 11.0 Å². The van der Waals surface area contributed by atoms with Gasteiger partial charge in [0.05, 0.1) is 17.7 Å². The summed E-state index contributed by atoms with van der Waals surface area (Å²) in [5.41, 5.74) is 6.54. The zero-order valence-electron chi connectivity index (χ0n) is 14.6. The lowest BCUT2D eigenvalue weighted by Crippen LogP contribution is -2.40. The van der Waals surface area contributed by atoms with Crippen LogP contribution in [0.25, 0.3) is 0 Å². The fourth-order valence-corrected chi connectivity index (χ4v) is 3.58. The second-order valence-corrected chi connectivity index (χ2v) is 6.77. The third-order valence-electron chi connectivity index (χ3n) is 4.85. The molecule has 1 aromatic heterocycles. The Labute approximate surface area is 157 Å². The highest BCUT2D eigenvalue weighted by atomic mass is 35.5. The standard InChI is InChI=1S/C19H22ClN3O3/c1-25-16-5-3-2-4-14(16)19(6-8-26-9-7-19)12-23-18-15(20)10-13(11-22-18)17(21)24/h2-5,10-11H,6-9,12H2,1H3,(H2,21,24)(H,22,23). The molecule has 0 spiro atoms. The summed E-state index contributed by atoms with van der Waals surface area (Å²) < 4.78 is 11.2. The van der Waals surface area contributed by atoms with Gasteiger partial charge in [-0.05, 0) is 25.0 Å². The number of nitrogens with two attached hydrogens (primary N) is 1. The Hall–Kier alpha value is -2.31. The van der Waals surface area contributed by atoms with Crippen LogP contribution in [0.15, 0.2) is 36.5 Å². The Kier molecular flexibility index (Phi) is 5.64. The van der Waals surface area contributed by atoms with Gasteiger partial charge in [0.2, 0.25) is 5.91 Å². The number of rotatable bonds is 6. The third-order valence-corrected chi connectivity index (χ3v) is 5.14. The Balaban J connectivity index is 1.87. The molecule has 1 aromatic carbocycles. The number of anilines is 1. The van der Waals surface area contributed by atoms with Crippen molar-refractivity contribution in [3.8, 4) is 5.75 Å². The van der Waals surface area contributed by atoms with E-state index < -0.39 is 5.91 Å². The van der Waals surface area contributed by atoms with Crippen molar-refractivity contribution in [3.63, 3.8) is 0 Å². The average Bonchev–Trinajstić information content (AvgIpc) is 2.67. The number of carbonyl (C=O) groups excluding carboxylic acids is 1. The number of ether oxygens (including phenoxy) is 2. The van der Waals surface area contributed by atoms with Crippen LogP contribution in [0.1, 0.15) is 28.8 Å². The SMILES string of the molecule is COc1ccccc1C1(CNc2ncc(C(N)=O)cc2Cl)CCOCC1. The first-order chi connectivity index (χ1) is 12.6. The molecule has 0 unspecified atom stereocenters. The molecule has 0 saturated carbocycles. The zero-order chi connectivity index (χ0) is 18.6. The molecule has 2 heterocycles. The van der Waals surface area contributed by atoms with E-state index in [1.165, 1.54) is 12.3 Å². The monoisotopic (exact) mass is 375 g/mol. The number of amides is 1. The maximum Gasteiger partial charge on any atom is 0.250 e. The van der Waals surface area contributed by atoms with Crippen molar-refractivity contribution < 1.29 is 14.3 Å². The first-order valence-electron chi connectivity index (χ1n) is 8.46. The van der Waals surface area contributed by atoms with Gasteiger partial charge in [-0.2, -0.15) is 0 Å². The minimum Gasteiger partial charge on any atom is -0.496 e. The molecule has 0 radical (unpaired) electrons. The highest BCUT2D eigenvalue weighted by molar-refractivity contribution is 6.33. The van der Waals surface area contributed by atoms with E-state index in [0.717, 1.165) is 24.2 Å². The van der Waals surface area contributed by atoms with Crippen LogP contribution < -0.4 is 15.8 Å². The van der Waals surface area contributed by atoms with Gasteiger partial charge in [0.15, 0.2) is 0 Å². The number of primary amides is 1. The van der Waals surface area contributed by atoms with E-state index >= 15 is 0 Å². The van der Waals surface area contributed by atoms with Crippen LogP contribution in [-0.4, -0.2) is 37.8 Å². The molecule has 7 heteroatoms. The van der Waals surface area contributed by atoms with Gasteiger partial charge < -0.3 is 20.5 Å². The zero-order valence-corrected chi connectivity index (χ0v) is 15.4. The average molecular weight is 376 g/mol. The molecule has 3 rings (SSSR count). The Morgan fingerprint density at radius 1 is 1.38 bits per heavy atom. The van der Waals surface area contributed by atoms with E-state index in [4.69, 9.17) is 26.8 Å². The summed E-state index contributed by atoms with van der Waals surface area (Å²) >= 11 is 6.26. The number of methoxy groups -OCH3 is 1. The topological polar surface area (TPSA) is 86.5 Å². The normalized spacial score (nSPS) is 16.1. The van der Waals surface area contributed by atoms with Crippen LogP contribution in [0, 0.1) is 0 Å². The van der Waals surface area contributed by atoms with Gasteiger partial charge in [-0.3, -0.25) is 4.79 Å². The molecule has 3 N–H and O–H groups in total. The van der Waals surface area contributed by atoms with Crippen molar-refractivity contribution in [3.05, 3.63) is 52.7 Å². The number of nitrogens with one attached hydrogen (secondary N) is 1. The van der Waals surface area contributed by atoms with Gasteiger partial charge in [0.1, 0.15) is 11.6 Å². The molecule has 1 aliphatic rings. The van der Waals surface area contributed by atoms with Crippen molar-refractivity contribution in [1.29, 1.82) is 0 Å². The van der Waals surface area contributed by atoms with Crippen LogP contribution >= 0.6 is 11.6 Å². The Morgan fingerprint density at radius 3 is 2.77 bits per heavy atom. The fourth-order valence-electron chi connectivity index (χ4n) is 3.34. The van der Waals surface area contributed by atoms with Crippen molar-refractivity contribution in [2.24, 2.45) is 5.73 Å². The summed E-state index contributed by atoms with van der Waals surface area (Å²) in [7, 11) is 1.68. The fraction of sp³-hybridized carbons (Fsp3) is 0.368. The lowest BCUT2D eigenvalue weighted by molar-refractivity contribution is 0.0535. The highest BCUT2D eigenvalue weighted by Gasteiger charge is 2.36. The molecule has 1 aliphatic heterocycles. The van der Waals surface area contributed by atoms with Gasteiger partial charge in [-0.25, -0.2) is 4.98 Å². The van der Waals surface area contributed by atoms with E-state index in [9.17, 15) is 4.79 Å². The maximum absolute atomic E-state index is 11.3. The number of aromatic nitrogens is 1. The Morgan fingerprint density at radius 2 is 2.12 bits per heavy atom. The van der Waals surface area contributed by atoms with Crippen LogP contribution in [0.5, 0.6) is 5.75 Å². The summed E-state index contributed by atoms with van der Waals surface area (Å²) in [4.78, 5) is 15.5. The number of para-hydroxylation sites is 1. The molecule has 138 valence electrons. The summed E-state index contributed by atoms with van der Waals surface area (Å²) in [6.07, 6.45) is 3.14. The highest BCUT2D eigenvalue weighted by Crippen LogP contribution is 2.40. The van der Waals surface area contributed by atoms with E-state index in [2.05, 4.69) is 16.4 Å². The van der Waals surface area contributed by atoms with E-state index in [1.807, 2.05) is 18.2 Å². The van der Waals surface area contributed by atoms with Crippen molar-refractivity contribution >= 4 is 23.3 Å². The molecule has 0 aliphatic carbocycles. The lowest BCUT2D eigenvalue weighted by atomic mass is 9.73. The number of halogens is 1. The molecule has 1 saturated heterocycles. The minimum atomic E-state index is -0.555. The quantitative estimate of drug-likeness (QED) is 0.810. The van der Waals surface area contributed by atoms with Gasteiger partial charge >= 0.3 is 0 Å². The number of nitrogens with zero attached hydrogens (tertiary/aromatic N) is 1. The first-order valence-corrected chi connectivity index (χ1v) is 8.84. The van der Waals surface area contributed by atoms with Crippen LogP contribution in [-0.2, 0) is 10.2 Å². The number of carbonyl (C=O) groups is 1. The second-order valence-electron chi connectivity index (χ2n) is 6.37. The first kappa shape index (κ1) is 18.5. The molecule has 0 bridgehead atoms. The van der Waals surface area contributed by atoms with E-state index in [0.29, 0.717) is 30.6 Å². The van der Waals surface area contributed by atoms with Gasteiger partial charge in [-0.1, -0.05) is 29.8 Å². The summed E-state index contributed by atoms with van der Waals surface area (Å²) in [5.74, 6) is 0.831. The number of hydrogen-bond donors (Lipinski definition) is 2. The summed E-state index contributed by atoms with van der Waals surface area (Å²) in [6, 6.07) is 9.57. The van der Waals surface area contributed by atoms with Crippen molar-refractivity contribution in [1.82, 2.24) is 4.98 Å². The summed E-state index contributed by atoms with van der Waals surface area (Å²) in [5, 5.41) is 3.70. The molecular formula is C19H22ClN3O3. The molecule has 1 fully saturated rings. The van der Waals surface area contributed by atoms with Crippen molar-refractivity contribution in [2.45, 2.75) is 18.3 Å². The smallest absolute Gasteiger partial charge is 0.250 e. The minimum absolute atomic E-state index is 0.155. The van der Waals surface area contributed by atoms with E-state index in [1.54, 1.807) is 7.11 Å². The van der Waals surface area contributed by atoms with Crippen LogP contribution in [0.3, 0.4) is 0 Å². The second kappa shape index (κ2) is 7.93. The number of pyridine rings is 1. The molecule has 1 amide bonds. The number of hydrogen-bond acceptors (Lipinski definition) is 5.